The first-order chi connectivity index (χ1) is 11.0. The molecule has 2 heterocycles. The summed E-state index contributed by atoms with van der Waals surface area (Å²) in [7, 11) is 0. The summed E-state index contributed by atoms with van der Waals surface area (Å²) in [6.45, 7) is 3.52. The minimum Gasteiger partial charge on any atom is -0.422 e. The van der Waals surface area contributed by atoms with Gasteiger partial charge in [0.25, 0.3) is 10.8 Å². The standard InChI is InChI=1S/C14H12N4O4S/c1-3-9-7-11(19)17-13(15-9)23-14(16-17)22-10-6-4-5-8(2)12(10)18(20)21/h4-7H,3H2,1-2H3. The summed E-state index contributed by atoms with van der Waals surface area (Å²) >= 11 is 1.06. The Hall–Kier alpha value is -2.81. The molecule has 0 spiro atoms. The normalized spacial score (nSPS) is 10.9. The summed E-state index contributed by atoms with van der Waals surface area (Å²) in [6.07, 6.45) is 0.628. The zero-order valence-electron chi connectivity index (χ0n) is 12.3. The van der Waals surface area contributed by atoms with Crippen LogP contribution in [0.4, 0.5) is 5.69 Å². The largest absolute Gasteiger partial charge is 0.422 e. The Labute approximate surface area is 134 Å². The number of aryl methyl sites for hydroxylation is 2. The van der Waals surface area contributed by atoms with Crippen molar-refractivity contribution < 1.29 is 9.66 Å². The van der Waals surface area contributed by atoms with E-state index in [4.69, 9.17) is 4.74 Å². The van der Waals surface area contributed by atoms with Crippen LogP contribution in [0.15, 0.2) is 29.1 Å². The van der Waals surface area contributed by atoms with E-state index in [0.29, 0.717) is 22.6 Å². The van der Waals surface area contributed by atoms with Crippen molar-refractivity contribution >= 4 is 22.0 Å². The number of nitrogens with zero attached hydrogens (tertiary/aromatic N) is 4. The number of fused-ring (bicyclic) bond motifs is 1. The minimum absolute atomic E-state index is 0.0813. The maximum Gasteiger partial charge on any atom is 0.314 e. The van der Waals surface area contributed by atoms with Crippen LogP contribution < -0.4 is 10.3 Å². The monoisotopic (exact) mass is 332 g/mol. The third kappa shape index (κ3) is 2.78. The average Bonchev–Trinajstić information content (AvgIpc) is 2.89. The maximum atomic E-state index is 12.0. The van der Waals surface area contributed by atoms with Gasteiger partial charge in [-0.05, 0) is 30.7 Å². The van der Waals surface area contributed by atoms with Gasteiger partial charge >= 0.3 is 5.69 Å². The van der Waals surface area contributed by atoms with Gasteiger partial charge in [0, 0.05) is 17.3 Å². The van der Waals surface area contributed by atoms with Crippen molar-refractivity contribution in [3.05, 3.63) is 56.0 Å². The predicted molar refractivity (Wildman–Crippen MR) is 84.4 cm³/mol. The first-order valence-electron chi connectivity index (χ1n) is 6.81. The van der Waals surface area contributed by atoms with E-state index < -0.39 is 4.92 Å². The van der Waals surface area contributed by atoms with Crippen molar-refractivity contribution in [2.24, 2.45) is 0 Å². The van der Waals surface area contributed by atoms with E-state index in [9.17, 15) is 14.9 Å². The molecule has 23 heavy (non-hydrogen) atoms. The molecule has 0 unspecified atom stereocenters. The van der Waals surface area contributed by atoms with Gasteiger partial charge in [0.1, 0.15) is 0 Å². The van der Waals surface area contributed by atoms with Gasteiger partial charge in [0.05, 0.1) is 4.92 Å². The highest BCUT2D eigenvalue weighted by molar-refractivity contribution is 7.18. The lowest BCUT2D eigenvalue weighted by atomic mass is 10.2. The zero-order chi connectivity index (χ0) is 16.6. The molecule has 3 aromatic rings. The topological polar surface area (TPSA) is 99.6 Å². The molecule has 8 nitrogen and oxygen atoms in total. The van der Waals surface area contributed by atoms with Crippen molar-refractivity contribution in [2.75, 3.05) is 0 Å². The molecule has 118 valence electrons. The second-order valence-corrected chi connectivity index (χ2v) is 5.70. The number of para-hydroxylation sites is 1. The minimum atomic E-state index is -0.502. The van der Waals surface area contributed by atoms with Crippen molar-refractivity contribution in [3.8, 4) is 10.9 Å². The van der Waals surface area contributed by atoms with Crippen LogP contribution in [0.5, 0.6) is 10.9 Å². The second kappa shape index (κ2) is 5.76. The summed E-state index contributed by atoms with van der Waals surface area (Å²) in [5.74, 6) is 0.0813. The highest BCUT2D eigenvalue weighted by Crippen LogP contribution is 2.35. The van der Waals surface area contributed by atoms with Crippen molar-refractivity contribution in [2.45, 2.75) is 20.3 Å². The Morgan fingerprint density at radius 1 is 1.43 bits per heavy atom. The summed E-state index contributed by atoms with van der Waals surface area (Å²) in [5, 5.41) is 15.3. The van der Waals surface area contributed by atoms with E-state index in [1.807, 2.05) is 6.92 Å². The molecule has 0 aliphatic heterocycles. The van der Waals surface area contributed by atoms with Gasteiger partial charge in [-0.3, -0.25) is 14.9 Å². The molecular weight excluding hydrogens is 320 g/mol. The van der Waals surface area contributed by atoms with Gasteiger partial charge in [-0.15, -0.1) is 5.10 Å². The van der Waals surface area contributed by atoms with Gasteiger partial charge in [0.15, 0.2) is 0 Å². The lowest BCUT2D eigenvalue weighted by Crippen LogP contribution is -2.15. The number of hydrogen-bond acceptors (Lipinski definition) is 7. The Morgan fingerprint density at radius 2 is 2.22 bits per heavy atom. The van der Waals surface area contributed by atoms with Crippen LogP contribution in [0.1, 0.15) is 18.2 Å². The first-order valence-corrected chi connectivity index (χ1v) is 7.63. The van der Waals surface area contributed by atoms with Gasteiger partial charge < -0.3 is 4.74 Å². The fraction of sp³-hybridized carbons (Fsp3) is 0.214. The fourth-order valence-electron chi connectivity index (χ4n) is 2.10. The molecular formula is C14H12N4O4S. The second-order valence-electron chi connectivity index (χ2n) is 4.78. The maximum absolute atomic E-state index is 12.0. The van der Waals surface area contributed by atoms with E-state index in [0.717, 1.165) is 15.9 Å². The van der Waals surface area contributed by atoms with E-state index in [1.165, 1.54) is 12.1 Å². The van der Waals surface area contributed by atoms with Crippen molar-refractivity contribution in [1.82, 2.24) is 14.6 Å². The molecule has 9 heteroatoms. The van der Waals surface area contributed by atoms with Crippen molar-refractivity contribution in [3.63, 3.8) is 0 Å². The van der Waals surface area contributed by atoms with E-state index in [-0.39, 0.29) is 22.2 Å². The Balaban J connectivity index is 2.06. The van der Waals surface area contributed by atoms with Crippen molar-refractivity contribution in [1.29, 1.82) is 0 Å². The molecule has 0 atom stereocenters. The van der Waals surface area contributed by atoms with Crippen LogP contribution in [0, 0.1) is 17.0 Å². The Bertz CT molecular complexity index is 963. The smallest absolute Gasteiger partial charge is 0.314 e. The molecule has 2 aromatic heterocycles. The predicted octanol–water partition coefficient (Wildman–Crippen LogP) is 2.72. The Kier molecular flexibility index (Phi) is 3.78. The van der Waals surface area contributed by atoms with Crippen LogP contribution in [0.3, 0.4) is 0 Å². The highest BCUT2D eigenvalue weighted by atomic mass is 32.1. The van der Waals surface area contributed by atoms with Crippen LogP contribution in [0.2, 0.25) is 0 Å². The molecule has 0 fully saturated rings. The summed E-state index contributed by atoms with van der Waals surface area (Å²) < 4.78 is 6.66. The van der Waals surface area contributed by atoms with Crippen LogP contribution in [-0.2, 0) is 6.42 Å². The van der Waals surface area contributed by atoms with Gasteiger partial charge in [-0.25, -0.2) is 4.98 Å². The molecule has 0 aliphatic rings. The van der Waals surface area contributed by atoms with Crippen LogP contribution in [-0.4, -0.2) is 19.5 Å². The molecule has 1 aromatic carbocycles. The highest BCUT2D eigenvalue weighted by Gasteiger charge is 2.20. The molecule has 0 saturated carbocycles. The van der Waals surface area contributed by atoms with Crippen LogP contribution in [0.25, 0.3) is 4.96 Å². The number of nitro benzene ring substituents is 1. The fourth-order valence-corrected chi connectivity index (χ4v) is 2.89. The molecule has 0 radical (unpaired) electrons. The summed E-state index contributed by atoms with van der Waals surface area (Å²) in [6, 6.07) is 6.18. The average molecular weight is 332 g/mol. The number of aromatic nitrogens is 3. The van der Waals surface area contributed by atoms with E-state index in [2.05, 4.69) is 10.1 Å². The van der Waals surface area contributed by atoms with Gasteiger partial charge in [-0.2, -0.15) is 4.52 Å². The molecule has 0 N–H and O–H groups in total. The van der Waals surface area contributed by atoms with E-state index >= 15 is 0 Å². The SMILES string of the molecule is CCc1cc(=O)n2nc(Oc3cccc(C)c3[N+](=O)[O-])sc2n1. The van der Waals surface area contributed by atoms with E-state index in [1.54, 1.807) is 19.1 Å². The first kappa shape index (κ1) is 15.1. The zero-order valence-corrected chi connectivity index (χ0v) is 13.2. The lowest BCUT2D eigenvalue weighted by molar-refractivity contribution is -0.386. The third-order valence-electron chi connectivity index (χ3n) is 3.22. The summed E-state index contributed by atoms with van der Waals surface area (Å²) in [5.41, 5.74) is 0.710. The number of benzene rings is 1. The lowest BCUT2D eigenvalue weighted by Gasteiger charge is -2.03. The molecule has 0 bridgehead atoms. The molecule has 0 aliphatic carbocycles. The number of ether oxygens (including phenoxy) is 1. The summed E-state index contributed by atoms with van der Waals surface area (Å²) in [4.78, 5) is 27.3. The quantitative estimate of drug-likeness (QED) is 0.538. The van der Waals surface area contributed by atoms with Gasteiger partial charge in [0.2, 0.25) is 10.7 Å². The van der Waals surface area contributed by atoms with Crippen LogP contribution >= 0.6 is 11.3 Å². The Morgan fingerprint density at radius 3 is 2.91 bits per heavy atom. The number of hydrogen-bond donors (Lipinski definition) is 0. The molecule has 0 saturated heterocycles. The molecule has 3 rings (SSSR count). The molecule has 0 amide bonds. The third-order valence-corrected chi connectivity index (χ3v) is 4.01. The number of nitro groups is 1. The van der Waals surface area contributed by atoms with Gasteiger partial charge in [-0.1, -0.05) is 19.1 Å². The number of rotatable bonds is 4.